The van der Waals surface area contributed by atoms with E-state index in [0.717, 1.165) is 6.07 Å². The van der Waals surface area contributed by atoms with Gasteiger partial charge >= 0.3 is 0 Å². The van der Waals surface area contributed by atoms with E-state index >= 15 is 0 Å². The predicted octanol–water partition coefficient (Wildman–Crippen LogP) is 0.998. The molecule has 24 heavy (non-hydrogen) atoms. The van der Waals surface area contributed by atoms with Gasteiger partial charge in [0, 0.05) is 32.2 Å². The Balaban J connectivity index is 2.04. The number of nitro groups is 2. The summed E-state index contributed by atoms with van der Waals surface area (Å²) < 4.78 is 5.25. The van der Waals surface area contributed by atoms with Gasteiger partial charge in [-0.2, -0.15) is 0 Å². The number of hydrogen-bond acceptors (Lipinski definition) is 8. The number of nitro benzene ring substituents is 2. The number of nitrogens with zero attached hydrogens (tertiary/aromatic N) is 3. The Bertz CT molecular complexity index is 615. The third-order valence-corrected chi connectivity index (χ3v) is 3.72. The summed E-state index contributed by atoms with van der Waals surface area (Å²) in [5, 5.41) is 35.1. The summed E-state index contributed by atoms with van der Waals surface area (Å²) in [6, 6.07) is 3.37. The highest BCUT2D eigenvalue weighted by Gasteiger charge is 2.27. The average molecular weight is 340 g/mol. The van der Waals surface area contributed by atoms with E-state index < -0.39 is 21.1 Å². The van der Waals surface area contributed by atoms with Gasteiger partial charge in [0.2, 0.25) is 0 Å². The largest absolute Gasteiger partial charge is 0.387 e. The van der Waals surface area contributed by atoms with Crippen molar-refractivity contribution in [1.82, 2.24) is 4.90 Å². The fourth-order valence-electron chi connectivity index (χ4n) is 2.52. The molecule has 132 valence electrons. The zero-order chi connectivity index (χ0) is 17.7. The van der Waals surface area contributed by atoms with Gasteiger partial charge in [0.15, 0.2) is 0 Å². The molecule has 1 heterocycles. The Morgan fingerprint density at radius 1 is 1.29 bits per heavy atom. The van der Waals surface area contributed by atoms with Crippen molar-refractivity contribution in [3.63, 3.8) is 0 Å². The van der Waals surface area contributed by atoms with Crippen LogP contribution in [0.15, 0.2) is 18.2 Å². The molecule has 1 fully saturated rings. The molecule has 1 unspecified atom stereocenters. The van der Waals surface area contributed by atoms with E-state index in [1.54, 1.807) is 6.92 Å². The van der Waals surface area contributed by atoms with Gasteiger partial charge in [-0.15, -0.1) is 0 Å². The van der Waals surface area contributed by atoms with Crippen LogP contribution in [0.1, 0.15) is 6.92 Å². The van der Waals surface area contributed by atoms with Crippen molar-refractivity contribution in [2.75, 3.05) is 44.7 Å². The summed E-state index contributed by atoms with van der Waals surface area (Å²) in [5.74, 6) is 0. The molecule has 0 aromatic heterocycles. The number of hydrogen-bond donors (Lipinski definition) is 2. The highest BCUT2D eigenvalue weighted by molar-refractivity contribution is 5.65. The molecule has 0 amide bonds. The average Bonchev–Trinajstić information content (AvgIpc) is 2.53. The number of rotatable bonds is 7. The minimum absolute atomic E-state index is 0.0724. The van der Waals surface area contributed by atoms with E-state index in [4.69, 9.17) is 4.74 Å². The number of non-ortho nitro benzene ring substituents is 1. The lowest BCUT2D eigenvalue weighted by molar-refractivity contribution is -0.393. The summed E-state index contributed by atoms with van der Waals surface area (Å²) in [7, 11) is 0. The van der Waals surface area contributed by atoms with Crippen LogP contribution in [0, 0.1) is 20.2 Å². The Labute approximate surface area is 138 Å². The Morgan fingerprint density at radius 2 is 1.96 bits per heavy atom. The Kier molecular flexibility index (Phi) is 5.65. The van der Waals surface area contributed by atoms with Crippen molar-refractivity contribution in [2.45, 2.75) is 12.5 Å². The van der Waals surface area contributed by atoms with Crippen molar-refractivity contribution in [3.8, 4) is 0 Å². The van der Waals surface area contributed by atoms with Crippen molar-refractivity contribution in [2.24, 2.45) is 0 Å². The Hall–Kier alpha value is -2.30. The lowest BCUT2D eigenvalue weighted by atomic mass is 10.1. The summed E-state index contributed by atoms with van der Waals surface area (Å²) in [4.78, 5) is 22.5. The van der Waals surface area contributed by atoms with Gasteiger partial charge in [0.05, 0.1) is 34.7 Å². The molecule has 10 nitrogen and oxygen atoms in total. The van der Waals surface area contributed by atoms with E-state index in [0.29, 0.717) is 32.8 Å². The molecule has 2 rings (SSSR count). The minimum Gasteiger partial charge on any atom is -0.387 e. The molecular formula is C14H20N4O6. The maximum Gasteiger partial charge on any atom is 0.299 e. The zero-order valence-electron chi connectivity index (χ0n) is 13.3. The van der Waals surface area contributed by atoms with Gasteiger partial charge in [-0.25, -0.2) is 0 Å². The van der Waals surface area contributed by atoms with Gasteiger partial charge in [0.25, 0.3) is 11.4 Å². The maximum atomic E-state index is 11.1. The van der Waals surface area contributed by atoms with E-state index in [2.05, 4.69) is 10.2 Å². The molecule has 0 radical (unpaired) electrons. The standard InChI is InChI=1S/C14H20N4O6/c1-14(19,10-16-4-6-24-7-5-16)9-15-12-3-2-11(17(20)21)8-13(12)18(22)23/h2-3,8,15,19H,4-7,9-10H2,1H3. The van der Waals surface area contributed by atoms with Crippen LogP contribution in [0.25, 0.3) is 0 Å². The molecule has 2 N–H and O–H groups in total. The second-order valence-corrected chi connectivity index (χ2v) is 5.95. The van der Waals surface area contributed by atoms with Crippen molar-refractivity contribution >= 4 is 17.1 Å². The lowest BCUT2D eigenvalue weighted by Gasteiger charge is -2.34. The molecule has 10 heteroatoms. The predicted molar refractivity (Wildman–Crippen MR) is 86.1 cm³/mol. The number of nitrogens with one attached hydrogen (secondary N) is 1. The van der Waals surface area contributed by atoms with Crippen LogP contribution < -0.4 is 5.32 Å². The topological polar surface area (TPSA) is 131 Å². The van der Waals surface area contributed by atoms with Crippen molar-refractivity contribution in [3.05, 3.63) is 38.4 Å². The van der Waals surface area contributed by atoms with Crippen LogP contribution in [0.3, 0.4) is 0 Å². The smallest absolute Gasteiger partial charge is 0.299 e. The molecular weight excluding hydrogens is 320 g/mol. The SMILES string of the molecule is CC(O)(CNc1ccc([N+](=O)[O-])cc1[N+](=O)[O-])CN1CCOCC1. The van der Waals surface area contributed by atoms with Crippen LogP contribution in [0.2, 0.25) is 0 Å². The second-order valence-electron chi connectivity index (χ2n) is 5.95. The molecule has 1 aliphatic rings. The molecule has 1 aliphatic heterocycles. The quantitative estimate of drug-likeness (QED) is 0.555. The van der Waals surface area contributed by atoms with Crippen LogP contribution >= 0.6 is 0 Å². The number of morpholine rings is 1. The summed E-state index contributed by atoms with van der Waals surface area (Å²) in [6.45, 7) is 4.75. The van der Waals surface area contributed by atoms with Crippen molar-refractivity contribution < 1.29 is 19.7 Å². The molecule has 1 saturated heterocycles. The highest BCUT2D eigenvalue weighted by Crippen LogP contribution is 2.29. The van der Waals surface area contributed by atoms with Gasteiger partial charge < -0.3 is 15.2 Å². The van der Waals surface area contributed by atoms with Crippen LogP contribution in [0.5, 0.6) is 0 Å². The number of β-amino-alcohol motifs (C(OH)–C–C–N with tert-alkyl or cyclic N) is 1. The number of aliphatic hydroxyl groups is 1. The van der Waals surface area contributed by atoms with Crippen molar-refractivity contribution in [1.29, 1.82) is 0 Å². The highest BCUT2D eigenvalue weighted by atomic mass is 16.6. The van der Waals surface area contributed by atoms with Crippen LogP contribution in [-0.4, -0.2) is 64.8 Å². The van der Waals surface area contributed by atoms with E-state index in [1.807, 2.05) is 0 Å². The fourth-order valence-corrected chi connectivity index (χ4v) is 2.52. The summed E-state index contributed by atoms with van der Waals surface area (Å²) in [6.07, 6.45) is 0. The fraction of sp³-hybridized carbons (Fsp3) is 0.571. The monoisotopic (exact) mass is 340 g/mol. The Morgan fingerprint density at radius 3 is 2.54 bits per heavy atom. The molecule has 1 aromatic rings. The normalized spacial score (nSPS) is 17.9. The minimum atomic E-state index is -1.12. The van der Waals surface area contributed by atoms with E-state index in [1.165, 1.54) is 12.1 Å². The van der Waals surface area contributed by atoms with Gasteiger partial charge in [-0.1, -0.05) is 0 Å². The zero-order valence-corrected chi connectivity index (χ0v) is 13.3. The number of benzene rings is 1. The number of anilines is 1. The van der Waals surface area contributed by atoms with E-state index in [-0.39, 0.29) is 17.9 Å². The molecule has 0 spiro atoms. The van der Waals surface area contributed by atoms with Crippen LogP contribution in [-0.2, 0) is 4.74 Å². The molecule has 0 bridgehead atoms. The lowest BCUT2D eigenvalue weighted by Crippen LogP contribution is -2.49. The summed E-state index contributed by atoms with van der Waals surface area (Å²) in [5.41, 5.74) is -1.74. The first-order valence-electron chi connectivity index (χ1n) is 7.48. The summed E-state index contributed by atoms with van der Waals surface area (Å²) >= 11 is 0. The molecule has 1 atom stereocenters. The van der Waals surface area contributed by atoms with Gasteiger partial charge in [0.1, 0.15) is 5.69 Å². The van der Waals surface area contributed by atoms with Gasteiger partial charge in [-0.05, 0) is 13.0 Å². The first kappa shape index (κ1) is 18.0. The molecule has 1 aromatic carbocycles. The molecule has 0 aliphatic carbocycles. The number of ether oxygens (including phenoxy) is 1. The molecule has 0 saturated carbocycles. The first-order valence-corrected chi connectivity index (χ1v) is 7.48. The first-order chi connectivity index (χ1) is 11.3. The third kappa shape index (κ3) is 4.85. The van der Waals surface area contributed by atoms with Crippen LogP contribution in [0.4, 0.5) is 17.1 Å². The van der Waals surface area contributed by atoms with Gasteiger partial charge in [-0.3, -0.25) is 25.1 Å². The second kappa shape index (κ2) is 7.51. The maximum absolute atomic E-state index is 11.1. The van der Waals surface area contributed by atoms with E-state index in [9.17, 15) is 25.3 Å². The third-order valence-electron chi connectivity index (χ3n) is 3.72.